The lowest BCUT2D eigenvalue weighted by Gasteiger charge is -2.42. The number of amides is 2. The van der Waals surface area contributed by atoms with E-state index in [1.807, 2.05) is 44.2 Å². The Morgan fingerprint density at radius 3 is 2.67 bits per heavy atom. The summed E-state index contributed by atoms with van der Waals surface area (Å²) < 4.78 is 6.88. The molecule has 0 spiro atoms. The van der Waals surface area contributed by atoms with Crippen molar-refractivity contribution in [3.63, 3.8) is 0 Å². The van der Waals surface area contributed by atoms with E-state index in [0.717, 1.165) is 26.8 Å². The first kappa shape index (κ1) is 25.0. The number of hydrogen-bond acceptors (Lipinski definition) is 5. The van der Waals surface area contributed by atoms with Crippen LogP contribution in [-0.2, 0) is 14.2 Å². The van der Waals surface area contributed by atoms with Gasteiger partial charge in [-0.2, -0.15) is 0 Å². The molecular formula is C28H29BBrNO5. The van der Waals surface area contributed by atoms with Gasteiger partial charge in [-0.1, -0.05) is 51.4 Å². The first-order valence-corrected chi connectivity index (χ1v) is 13.2. The Balaban J connectivity index is 1.38. The maximum Gasteiger partial charge on any atom is 0.455 e. The molecule has 3 aliphatic rings. The Labute approximate surface area is 219 Å². The lowest BCUT2D eigenvalue weighted by atomic mass is 9.59. The number of phenols is 1. The van der Waals surface area contributed by atoms with Crippen LogP contribution in [0.3, 0.4) is 0 Å². The van der Waals surface area contributed by atoms with Crippen molar-refractivity contribution >= 4 is 46.6 Å². The number of para-hydroxylation sites is 1. The molecule has 5 rings (SSSR count). The van der Waals surface area contributed by atoms with Crippen molar-refractivity contribution < 1.29 is 24.4 Å². The third kappa shape index (κ3) is 4.58. The zero-order chi connectivity index (χ0) is 25.6. The van der Waals surface area contributed by atoms with Crippen molar-refractivity contribution in [1.82, 2.24) is 0 Å². The minimum absolute atomic E-state index is 0.153. The molecule has 2 heterocycles. The van der Waals surface area contributed by atoms with Gasteiger partial charge in [-0.3, -0.25) is 14.5 Å². The van der Waals surface area contributed by atoms with Gasteiger partial charge in [-0.05, 0) is 81.3 Å². The fourth-order valence-corrected chi connectivity index (χ4v) is 6.47. The predicted molar refractivity (Wildman–Crippen MR) is 143 cm³/mol. The van der Waals surface area contributed by atoms with Crippen LogP contribution in [0.4, 0.5) is 5.69 Å². The van der Waals surface area contributed by atoms with Crippen LogP contribution in [0.5, 0.6) is 5.75 Å². The van der Waals surface area contributed by atoms with E-state index in [1.165, 1.54) is 4.90 Å². The summed E-state index contributed by atoms with van der Waals surface area (Å²) in [5.74, 6) is -1.22. The summed E-state index contributed by atoms with van der Waals surface area (Å²) >= 11 is 3.44. The van der Waals surface area contributed by atoms with Gasteiger partial charge in [0, 0.05) is 10.0 Å². The Morgan fingerprint density at radius 2 is 1.92 bits per heavy atom. The average Bonchev–Trinajstić information content (AvgIpc) is 3.09. The van der Waals surface area contributed by atoms with E-state index in [4.69, 9.17) is 4.65 Å². The van der Waals surface area contributed by atoms with Gasteiger partial charge in [0.25, 0.3) is 0 Å². The lowest BCUT2D eigenvalue weighted by Crippen LogP contribution is -2.46. The third-order valence-electron chi connectivity index (χ3n) is 7.66. The molecule has 0 aromatic heterocycles. The summed E-state index contributed by atoms with van der Waals surface area (Å²) in [6.45, 7) is 4.03. The van der Waals surface area contributed by atoms with Crippen molar-refractivity contribution in [3.05, 3.63) is 75.3 Å². The van der Waals surface area contributed by atoms with Gasteiger partial charge in [-0.25, -0.2) is 0 Å². The number of benzene rings is 2. The molecule has 0 unspecified atom stereocenters. The minimum Gasteiger partial charge on any atom is -0.507 e. The number of phenolic OH excluding ortho intramolecular Hbond substituents is 1. The van der Waals surface area contributed by atoms with E-state index < -0.39 is 19.0 Å². The Hall–Kier alpha value is -2.68. The van der Waals surface area contributed by atoms with Crippen molar-refractivity contribution in [1.29, 1.82) is 0 Å². The molecule has 8 heteroatoms. The summed E-state index contributed by atoms with van der Waals surface area (Å²) in [6.07, 6.45) is 3.80. The number of fused-ring (bicyclic) bond motifs is 3. The fraction of sp³-hybridized carbons (Fsp3) is 0.357. The van der Waals surface area contributed by atoms with Gasteiger partial charge >= 0.3 is 7.12 Å². The number of allylic oxidation sites excluding steroid dienone is 2. The molecular weight excluding hydrogens is 521 g/mol. The zero-order valence-electron chi connectivity index (χ0n) is 20.4. The molecule has 2 aromatic rings. The summed E-state index contributed by atoms with van der Waals surface area (Å²) in [4.78, 5) is 28.2. The van der Waals surface area contributed by atoms with Gasteiger partial charge in [-0.15, -0.1) is 0 Å². The Kier molecular flexibility index (Phi) is 6.94. The molecule has 0 saturated carbocycles. The Morgan fingerprint density at radius 1 is 1.17 bits per heavy atom. The number of hydrogen-bond donors (Lipinski definition) is 2. The van der Waals surface area contributed by atoms with Gasteiger partial charge in [0.15, 0.2) is 0 Å². The molecule has 186 valence electrons. The number of imide groups is 1. The largest absolute Gasteiger partial charge is 0.507 e. The van der Waals surface area contributed by atoms with Gasteiger partial charge in [0.2, 0.25) is 11.8 Å². The summed E-state index contributed by atoms with van der Waals surface area (Å²) in [5.41, 5.74) is 4.55. The molecule has 2 N–H and O–H groups in total. The van der Waals surface area contributed by atoms with Crippen LogP contribution in [-0.4, -0.2) is 35.2 Å². The molecule has 0 bridgehead atoms. The second-order valence-corrected chi connectivity index (χ2v) is 11.0. The highest BCUT2D eigenvalue weighted by atomic mass is 79.9. The number of nitrogens with zero attached hydrogens (tertiary/aromatic N) is 1. The second kappa shape index (κ2) is 10.00. The lowest BCUT2D eigenvalue weighted by molar-refractivity contribution is -0.122. The molecule has 2 aromatic carbocycles. The number of carbonyl (C=O) groups is 2. The van der Waals surface area contributed by atoms with Crippen LogP contribution in [0, 0.1) is 17.8 Å². The normalized spacial score (nSPS) is 26.4. The average molecular weight is 550 g/mol. The van der Waals surface area contributed by atoms with Crippen molar-refractivity contribution in [3.8, 4) is 5.75 Å². The molecule has 2 amide bonds. The molecule has 6 nitrogen and oxygen atoms in total. The van der Waals surface area contributed by atoms with Crippen LogP contribution >= 0.6 is 15.9 Å². The topological polar surface area (TPSA) is 87.1 Å². The summed E-state index contributed by atoms with van der Waals surface area (Å²) in [7, 11) is -0.984. The Bertz CT molecular complexity index is 1260. The van der Waals surface area contributed by atoms with E-state index in [2.05, 4.69) is 15.9 Å². The molecule has 0 radical (unpaired) electrons. The van der Waals surface area contributed by atoms with Crippen LogP contribution < -0.4 is 4.90 Å². The second-order valence-electron chi connectivity index (χ2n) is 10.1. The van der Waals surface area contributed by atoms with Gasteiger partial charge < -0.3 is 14.8 Å². The molecule has 4 atom stereocenters. The predicted octanol–water partition coefficient (Wildman–Crippen LogP) is 5.36. The number of rotatable bonds is 5. The molecule has 2 fully saturated rings. The monoisotopic (exact) mass is 549 g/mol. The van der Waals surface area contributed by atoms with Gasteiger partial charge in [0.1, 0.15) is 5.75 Å². The standard InChI is InChI=1S/C28H29BBrNO5/c1-16(12-18-14-19(30)9-10-23(18)32)8-11-24-25-17(2)13-21-26(22(25)15-29(35)36-24)28(34)31(27(21)33)20-6-4-3-5-7-20/h3-7,9-10,12,14,21-22,24,26,32,35H,8,11,13,15H2,1-2H3/b16-12+/t21-,22+,24-,26-/m1/s1. The smallest absolute Gasteiger partial charge is 0.455 e. The summed E-state index contributed by atoms with van der Waals surface area (Å²) in [5, 5.41) is 20.8. The molecule has 2 aliphatic heterocycles. The maximum atomic E-state index is 13.6. The fourth-order valence-electron chi connectivity index (χ4n) is 6.09. The van der Waals surface area contributed by atoms with Crippen LogP contribution in [0.25, 0.3) is 6.08 Å². The number of carbonyl (C=O) groups excluding carboxylic acids is 2. The van der Waals surface area contributed by atoms with Crippen LogP contribution in [0.1, 0.15) is 38.7 Å². The third-order valence-corrected chi connectivity index (χ3v) is 8.15. The van der Waals surface area contributed by atoms with E-state index in [1.54, 1.807) is 24.3 Å². The SMILES string of the molecule is CC1=C2[C@@H](CC/C(C)=C/c3cc(Br)ccc3O)OB(O)C[C@@H]2[C@@H]2C(=O)N(c3ccccc3)C(=O)[C@@H]2C1. The van der Waals surface area contributed by atoms with Crippen molar-refractivity contribution in [2.24, 2.45) is 17.8 Å². The summed E-state index contributed by atoms with van der Waals surface area (Å²) in [6, 6.07) is 14.4. The number of halogens is 1. The van der Waals surface area contributed by atoms with Gasteiger partial charge in [0.05, 0.1) is 23.6 Å². The zero-order valence-corrected chi connectivity index (χ0v) is 21.9. The van der Waals surface area contributed by atoms with Crippen LogP contribution in [0.2, 0.25) is 6.32 Å². The number of anilines is 1. The molecule has 2 saturated heterocycles. The molecule has 1 aliphatic carbocycles. The van der Waals surface area contributed by atoms with E-state index in [-0.39, 0.29) is 29.6 Å². The highest BCUT2D eigenvalue weighted by Gasteiger charge is 2.57. The van der Waals surface area contributed by atoms with E-state index in [9.17, 15) is 19.7 Å². The molecule has 36 heavy (non-hydrogen) atoms. The van der Waals surface area contributed by atoms with Crippen LogP contribution in [0.15, 0.2) is 69.7 Å². The first-order valence-electron chi connectivity index (χ1n) is 12.4. The first-order chi connectivity index (χ1) is 17.2. The number of aromatic hydroxyl groups is 1. The van der Waals surface area contributed by atoms with E-state index in [0.29, 0.717) is 31.3 Å². The van der Waals surface area contributed by atoms with E-state index >= 15 is 0 Å². The minimum atomic E-state index is -0.984. The highest BCUT2D eigenvalue weighted by Crippen LogP contribution is 2.51. The highest BCUT2D eigenvalue weighted by molar-refractivity contribution is 9.10. The quantitative estimate of drug-likeness (QED) is 0.298. The maximum absolute atomic E-state index is 13.6. The van der Waals surface area contributed by atoms with Crippen molar-refractivity contribution in [2.45, 2.75) is 45.5 Å². The van der Waals surface area contributed by atoms with Crippen molar-refractivity contribution in [2.75, 3.05) is 4.90 Å².